The van der Waals surface area contributed by atoms with Gasteiger partial charge in [-0.1, -0.05) is 180 Å². The van der Waals surface area contributed by atoms with Gasteiger partial charge in [0.1, 0.15) is 153 Å². The summed E-state index contributed by atoms with van der Waals surface area (Å²) < 4.78 is 84.6. The Bertz CT molecular complexity index is 3920. The number of rotatable bonds is 66. The van der Waals surface area contributed by atoms with Crippen molar-refractivity contribution in [3.05, 3.63) is 12.2 Å². The fourth-order valence-corrected chi connectivity index (χ4v) is 19.5. The van der Waals surface area contributed by atoms with Gasteiger partial charge in [0.25, 0.3) is 17.4 Å². The maximum atomic E-state index is 14.6. The number of carboxylic acids is 3. The van der Waals surface area contributed by atoms with E-state index in [-0.39, 0.29) is 6.42 Å². The third-order valence-electron chi connectivity index (χ3n) is 27.6. The molecule has 7 saturated heterocycles. The Morgan fingerprint density at radius 2 is 0.714 bits per heavy atom. The number of hydrogen-bond acceptors (Lipinski definition) is 44. The van der Waals surface area contributed by atoms with E-state index in [0.717, 1.165) is 111 Å². The fourth-order valence-electron chi connectivity index (χ4n) is 19.5. The number of carboxylic acid groups (broad SMARTS) is 3. The predicted molar refractivity (Wildman–Crippen MR) is 501 cm³/mol. The minimum Gasteiger partial charge on any atom is -0.477 e. The van der Waals surface area contributed by atoms with Crippen molar-refractivity contribution in [2.75, 3.05) is 52.9 Å². The number of aliphatic carboxylic acids is 3. The standard InChI is InChI=1S/C95H165N5O47/c1-7-9-11-13-15-17-19-21-22-24-26-28-30-32-34-36-64(118)100-52(53(112)35-33-31-29-27-25-23-20-18-16-14-12-10-8-2)47-134-87-75(125)74(124)78(62(45-106)137-87)139-89-77(127)85(147-95(92(132)133)39-56(115)67(98-50(5)110)83(145-95)73(123)61(44-105)142-93(90(128)129)37-54(113)65(96-48(3)108)81(143-93)69(119)57(116)40-101)79(63(46-107)138-89)140-86-68(99-51(6)111)80(71(121)59(42-103)135-86)141-88-76(126)84(72(122)60(43-104)136-88)146-94(91(130)131)38-55(114)66(97-49(4)109)82(144-94)70(120)58(117)41-102/h33,35,52-63,65-89,101-107,112-117,119-127H,7-32,34,36-47H2,1-6H3,(H,96,108)(H,97,109)(H,98,110)(H,99,111)(H,100,118)(H,128,129)(H,130,131)(H,132,133)/b35-33+/t52-,53+,54?,55?,56?,57+,58+,59?,60?,61+,62?,63?,65+,66+,67+,68?,69+,70+,71-,72-,73+,74+,75?,76?,77?,78+,79-,80+,81?,82?,83?,84-,85+,86-,87+,88-,89-,93+,94-,95-/m0/s1. The Morgan fingerprint density at radius 3 is 1.13 bits per heavy atom. The van der Waals surface area contributed by atoms with Gasteiger partial charge >= 0.3 is 17.9 Å². The van der Waals surface area contributed by atoms with Gasteiger partial charge in [-0.15, -0.1) is 0 Å². The van der Waals surface area contributed by atoms with E-state index < -0.39 is 363 Å². The monoisotopic (exact) mass is 2130 g/mol. The molecule has 52 nitrogen and oxygen atoms in total. The van der Waals surface area contributed by atoms with Crippen LogP contribution in [0.15, 0.2) is 12.2 Å². The number of aliphatic hydroxyl groups excluding tert-OH is 22. The van der Waals surface area contributed by atoms with Gasteiger partial charge in [0.2, 0.25) is 29.5 Å². The highest BCUT2D eigenvalue weighted by atomic mass is 16.8. The number of hydrogen-bond donors (Lipinski definition) is 30. The number of unbranched alkanes of at least 4 members (excludes halogenated alkanes) is 25. The SMILES string of the molecule is CCCCCCCCCCCCC/C=C/[C@@H](O)[C@H](CO[C@@H]1OC(CO)[C@@H](O[C@@H]2OC(CO)[C@H](O[C@@H]3OC(CO)[C@H](O)[C@H](O[C@@H]4OC(CO)[C@H](O)[C@H](O[C@]5(C(=O)O)CC(O)[C@@H](NC(C)=O)C([C@H](O)[C@H](O)CO)O5)C4O)C3NC(C)=O)[C@H](O[C@]3(C(=O)O)CC(O)[C@@H](NC(C)=O)C([C@H](O)[C@@H](CO)O[C@]4(C(=O)O)CC(O)[C@@H](NC(C)=O)C([C@H](O)[C@H](O)CO)O4)O3)C2O)[C@H](O)C1O)NC(=O)CCCCCCCCCCCCCCCCC. The normalized spacial score (nSPS) is 35.5. The molecule has 0 saturated carbocycles. The van der Waals surface area contributed by atoms with Crippen LogP contribution < -0.4 is 26.6 Å². The number of carbonyl (C=O) groups is 8. The second-order valence-corrected chi connectivity index (χ2v) is 39.2. The average Bonchev–Trinajstić information content (AvgIpc) is 0.742. The van der Waals surface area contributed by atoms with Crippen LogP contribution in [0.1, 0.15) is 241 Å². The van der Waals surface area contributed by atoms with E-state index in [1.165, 1.54) is 83.1 Å². The van der Waals surface area contributed by atoms with Gasteiger partial charge < -0.3 is 221 Å². The van der Waals surface area contributed by atoms with Crippen molar-refractivity contribution in [3.8, 4) is 0 Å². The smallest absolute Gasteiger partial charge is 0.364 e. The van der Waals surface area contributed by atoms with Crippen LogP contribution in [0.3, 0.4) is 0 Å². The zero-order valence-corrected chi connectivity index (χ0v) is 84.3. The minimum atomic E-state index is -3.81. The summed E-state index contributed by atoms with van der Waals surface area (Å²) in [6, 6.07) is -9.38. The first-order valence-corrected chi connectivity index (χ1v) is 51.4. The largest absolute Gasteiger partial charge is 0.477 e. The van der Waals surface area contributed by atoms with Gasteiger partial charge in [0, 0.05) is 53.4 Å². The molecule has 40 atom stereocenters. The molecule has 0 bridgehead atoms. The summed E-state index contributed by atoms with van der Waals surface area (Å²) in [5, 5.41) is 298. The van der Waals surface area contributed by atoms with Crippen molar-refractivity contribution in [2.24, 2.45) is 0 Å². The third kappa shape index (κ3) is 36.1. The lowest BCUT2D eigenvalue weighted by Gasteiger charge is -2.53. The van der Waals surface area contributed by atoms with E-state index in [2.05, 4.69) is 40.4 Å². The highest BCUT2D eigenvalue weighted by Gasteiger charge is 2.66. The number of allylic oxidation sites excluding steroid dienone is 1. The highest BCUT2D eigenvalue weighted by molar-refractivity contribution is 5.79. The van der Waals surface area contributed by atoms with Gasteiger partial charge in [0.05, 0.1) is 101 Å². The first-order chi connectivity index (χ1) is 69.9. The van der Waals surface area contributed by atoms with E-state index in [1.54, 1.807) is 6.08 Å². The maximum Gasteiger partial charge on any atom is 0.364 e. The third-order valence-corrected chi connectivity index (χ3v) is 27.6. The van der Waals surface area contributed by atoms with Gasteiger partial charge in [-0.2, -0.15) is 0 Å². The molecule has 7 aliphatic rings. The van der Waals surface area contributed by atoms with Crippen molar-refractivity contribution >= 4 is 47.4 Å². The summed E-state index contributed by atoms with van der Waals surface area (Å²) in [6.07, 6.45) is -48.1. The first kappa shape index (κ1) is 128. The van der Waals surface area contributed by atoms with E-state index >= 15 is 0 Å². The van der Waals surface area contributed by atoms with Crippen molar-refractivity contribution in [1.29, 1.82) is 0 Å². The second-order valence-electron chi connectivity index (χ2n) is 39.2. The van der Waals surface area contributed by atoms with Crippen LogP contribution in [0.5, 0.6) is 0 Å². The molecule has 0 spiro atoms. The molecule has 7 rings (SSSR count). The van der Waals surface area contributed by atoms with Crippen molar-refractivity contribution < 1.29 is 232 Å². The minimum absolute atomic E-state index is 0.0461. The summed E-state index contributed by atoms with van der Waals surface area (Å²) in [5.74, 6) is -22.1. The van der Waals surface area contributed by atoms with Gasteiger partial charge in [-0.3, -0.25) is 24.0 Å². The van der Waals surface area contributed by atoms with Crippen LogP contribution in [0.2, 0.25) is 0 Å². The molecule has 7 aliphatic heterocycles. The summed E-state index contributed by atoms with van der Waals surface area (Å²) >= 11 is 0. The molecule has 14 unspecified atom stereocenters. The topological polar surface area (TPSA) is 832 Å². The van der Waals surface area contributed by atoms with E-state index in [9.17, 15) is 166 Å². The van der Waals surface area contributed by atoms with Crippen LogP contribution in [0.25, 0.3) is 0 Å². The Balaban J connectivity index is 1.26. The Labute approximate surface area is 852 Å². The van der Waals surface area contributed by atoms with Crippen molar-refractivity contribution in [2.45, 2.75) is 484 Å². The Morgan fingerprint density at radius 1 is 0.367 bits per heavy atom. The lowest BCUT2D eigenvalue weighted by Crippen LogP contribution is -2.73. The predicted octanol–water partition coefficient (Wildman–Crippen LogP) is -6.69. The molecule has 0 aromatic heterocycles. The fraction of sp³-hybridized carbons (Fsp3) is 0.895. The van der Waals surface area contributed by atoms with Gasteiger partial charge in [-0.05, 0) is 19.3 Å². The molecule has 0 aromatic carbocycles. The van der Waals surface area contributed by atoms with E-state index in [4.69, 9.17) is 66.3 Å². The van der Waals surface area contributed by atoms with Crippen LogP contribution >= 0.6 is 0 Å². The lowest BCUT2D eigenvalue weighted by atomic mass is 9.87. The molecule has 0 aliphatic carbocycles. The number of aliphatic hydroxyl groups is 22. The first-order valence-electron chi connectivity index (χ1n) is 51.4. The van der Waals surface area contributed by atoms with Crippen molar-refractivity contribution in [1.82, 2.24) is 26.6 Å². The molecule has 7 fully saturated rings. The molecule has 52 heteroatoms. The summed E-state index contributed by atoms with van der Waals surface area (Å²) in [4.78, 5) is 107. The molecule has 0 aromatic rings. The second kappa shape index (κ2) is 63.2. The van der Waals surface area contributed by atoms with E-state index in [0.29, 0.717) is 12.8 Å². The van der Waals surface area contributed by atoms with Crippen LogP contribution in [-0.2, 0) is 105 Å². The number of amides is 5. The summed E-state index contributed by atoms with van der Waals surface area (Å²) in [5.41, 5.74) is 0. The zero-order chi connectivity index (χ0) is 109. The molecular weight excluding hydrogens is 1960 g/mol. The Hall–Kier alpha value is -5.94. The Kier molecular flexibility index (Phi) is 55.0. The number of ether oxygens (including phenoxy) is 14. The van der Waals surface area contributed by atoms with E-state index in [1.807, 2.05) is 0 Å². The van der Waals surface area contributed by atoms with Crippen LogP contribution in [-0.4, -0.2) is 472 Å². The number of carbonyl (C=O) groups excluding carboxylic acids is 5. The highest BCUT2D eigenvalue weighted by Crippen LogP contribution is 2.45. The molecule has 852 valence electrons. The molecule has 147 heavy (non-hydrogen) atoms. The lowest BCUT2D eigenvalue weighted by molar-refractivity contribution is -0.405. The van der Waals surface area contributed by atoms with Crippen LogP contribution in [0, 0.1) is 0 Å². The molecule has 30 N–H and O–H groups in total. The van der Waals surface area contributed by atoms with Gasteiger partial charge in [-0.25, -0.2) is 14.4 Å². The molecule has 0 radical (unpaired) electrons. The summed E-state index contributed by atoms with van der Waals surface area (Å²) in [7, 11) is 0. The van der Waals surface area contributed by atoms with Gasteiger partial charge in [0.15, 0.2) is 25.2 Å². The molecule has 5 amide bonds. The quantitative estimate of drug-likeness (QED) is 0.0199. The van der Waals surface area contributed by atoms with Crippen molar-refractivity contribution in [3.63, 3.8) is 0 Å². The number of nitrogens with one attached hydrogen (secondary N) is 5. The average molecular weight is 2130 g/mol. The zero-order valence-electron chi connectivity index (χ0n) is 84.3. The molecule has 7 heterocycles. The maximum absolute atomic E-state index is 14.6. The van der Waals surface area contributed by atoms with Crippen LogP contribution in [0.4, 0.5) is 0 Å². The summed E-state index contributed by atoms with van der Waals surface area (Å²) in [6.45, 7) is -2.28. The molecular formula is C95H165N5O47.